The summed E-state index contributed by atoms with van der Waals surface area (Å²) in [5.74, 6) is 2.90. The highest BCUT2D eigenvalue weighted by Gasteiger charge is 2.04. The van der Waals surface area contributed by atoms with Gasteiger partial charge in [0.1, 0.15) is 17.4 Å². The number of aryl methyl sites for hydroxylation is 2. The molecule has 100 valence electrons. The zero-order valence-corrected chi connectivity index (χ0v) is 11.6. The Hall–Kier alpha value is -2.10. The number of benzene rings is 1. The summed E-state index contributed by atoms with van der Waals surface area (Å²) < 4.78 is 5.77. The van der Waals surface area contributed by atoms with Crippen molar-refractivity contribution in [3.05, 3.63) is 41.7 Å². The number of hydrogen-bond donors (Lipinski definition) is 1. The van der Waals surface area contributed by atoms with Crippen molar-refractivity contribution < 1.29 is 4.74 Å². The Labute approximate surface area is 113 Å². The molecule has 0 atom stereocenters. The van der Waals surface area contributed by atoms with Gasteiger partial charge in [-0.3, -0.25) is 0 Å². The standard InChI is InChI=1S/C15H19N3O/c1-4-11-6-8-12(9-7-11)19-15-10-14(16-3)17-13(5-2)18-15/h6-10H,4-5H2,1-3H3,(H,16,17,18). The van der Waals surface area contributed by atoms with Crippen molar-refractivity contribution in [3.63, 3.8) is 0 Å². The van der Waals surface area contributed by atoms with Crippen LogP contribution >= 0.6 is 0 Å². The second-order valence-electron chi connectivity index (χ2n) is 4.21. The SMILES string of the molecule is CCc1ccc(Oc2cc(NC)nc(CC)n2)cc1. The van der Waals surface area contributed by atoms with Gasteiger partial charge in [0.2, 0.25) is 5.88 Å². The summed E-state index contributed by atoms with van der Waals surface area (Å²) >= 11 is 0. The van der Waals surface area contributed by atoms with Gasteiger partial charge in [-0.25, -0.2) is 4.98 Å². The van der Waals surface area contributed by atoms with Crippen LogP contribution in [0.5, 0.6) is 11.6 Å². The Balaban J connectivity index is 2.21. The minimum atomic E-state index is 0.570. The monoisotopic (exact) mass is 257 g/mol. The Bertz CT molecular complexity index is 515. The predicted octanol–water partition coefficient (Wildman–Crippen LogP) is 3.44. The van der Waals surface area contributed by atoms with Gasteiger partial charge in [-0.15, -0.1) is 0 Å². The van der Waals surface area contributed by atoms with Crippen molar-refractivity contribution in [2.45, 2.75) is 26.7 Å². The van der Waals surface area contributed by atoms with Crippen LogP contribution in [-0.4, -0.2) is 17.0 Å². The van der Waals surface area contributed by atoms with E-state index < -0.39 is 0 Å². The van der Waals surface area contributed by atoms with Crippen LogP contribution in [0.2, 0.25) is 0 Å². The van der Waals surface area contributed by atoms with Gasteiger partial charge in [0, 0.05) is 19.5 Å². The lowest BCUT2D eigenvalue weighted by atomic mass is 10.2. The van der Waals surface area contributed by atoms with Crippen molar-refractivity contribution in [3.8, 4) is 11.6 Å². The van der Waals surface area contributed by atoms with Gasteiger partial charge >= 0.3 is 0 Å². The Kier molecular flexibility index (Phi) is 4.34. The molecule has 19 heavy (non-hydrogen) atoms. The fraction of sp³-hybridized carbons (Fsp3) is 0.333. The molecule has 0 spiro atoms. The Morgan fingerprint density at radius 2 is 1.79 bits per heavy atom. The molecule has 0 aliphatic carbocycles. The molecule has 0 unspecified atom stereocenters. The average Bonchev–Trinajstić information content (AvgIpc) is 2.47. The molecule has 0 saturated carbocycles. The molecule has 0 aliphatic heterocycles. The average molecular weight is 257 g/mol. The molecule has 4 heteroatoms. The molecule has 1 N–H and O–H groups in total. The van der Waals surface area contributed by atoms with Gasteiger partial charge in [0.25, 0.3) is 0 Å². The van der Waals surface area contributed by atoms with Crippen LogP contribution in [0, 0.1) is 0 Å². The summed E-state index contributed by atoms with van der Waals surface area (Å²) in [6.07, 6.45) is 1.80. The molecule has 1 aromatic heterocycles. The fourth-order valence-corrected chi connectivity index (χ4v) is 1.73. The maximum atomic E-state index is 5.77. The summed E-state index contributed by atoms with van der Waals surface area (Å²) in [4.78, 5) is 8.70. The summed E-state index contributed by atoms with van der Waals surface area (Å²) in [6, 6.07) is 9.86. The fourth-order valence-electron chi connectivity index (χ4n) is 1.73. The van der Waals surface area contributed by atoms with E-state index in [0.29, 0.717) is 5.88 Å². The highest BCUT2D eigenvalue weighted by atomic mass is 16.5. The molecule has 0 bridgehead atoms. The number of rotatable bonds is 5. The molecule has 4 nitrogen and oxygen atoms in total. The zero-order valence-electron chi connectivity index (χ0n) is 11.6. The highest BCUT2D eigenvalue weighted by molar-refractivity contribution is 5.39. The van der Waals surface area contributed by atoms with Crippen molar-refractivity contribution >= 4 is 5.82 Å². The predicted molar refractivity (Wildman–Crippen MR) is 76.9 cm³/mol. The quantitative estimate of drug-likeness (QED) is 0.891. The topological polar surface area (TPSA) is 47.0 Å². The lowest BCUT2D eigenvalue weighted by Gasteiger charge is -2.08. The number of aromatic nitrogens is 2. The third-order valence-electron chi connectivity index (χ3n) is 2.88. The minimum absolute atomic E-state index is 0.570. The lowest BCUT2D eigenvalue weighted by Crippen LogP contribution is -2.01. The smallest absolute Gasteiger partial charge is 0.224 e. The van der Waals surface area contributed by atoms with Gasteiger partial charge in [-0.05, 0) is 24.1 Å². The number of hydrogen-bond acceptors (Lipinski definition) is 4. The van der Waals surface area contributed by atoms with E-state index in [1.54, 1.807) is 6.07 Å². The molecule has 1 heterocycles. The van der Waals surface area contributed by atoms with Crippen LogP contribution in [-0.2, 0) is 12.8 Å². The number of nitrogens with one attached hydrogen (secondary N) is 1. The molecule has 0 saturated heterocycles. The van der Waals surface area contributed by atoms with Gasteiger partial charge in [-0.1, -0.05) is 26.0 Å². The molecule has 0 fully saturated rings. The third kappa shape index (κ3) is 3.44. The summed E-state index contributed by atoms with van der Waals surface area (Å²) in [5.41, 5.74) is 1.29. The summed E-state index contributed by atoms with van der Waals surface area (Å²) in [6.45, 7) is 4.15. The molecule has 0 radical (unpaired) electrons. The zero-order chi connectivity index (χ0) is 13.7. The second-order valence-corrected chi connectivity index (χ2v) is 4.21. The van der Waals surface area contributed by atoms with Crippen LogP contribution in [0.1, 0.15) is 25.2 Å². The van der Waals surface area contributed by atoms with Crippen LogP contribution < -0.4 is 10.1 Å². The molecular formula is C15H19N3O. The van der Waals surface area contributed by atoms with E-state index in [-0.39, 0.29) is 0 Å². The third-order valence-corrected chi connectivity index (χ3v) is 2.88. The number of anilines is 1. The van der Waals surface area contributed by atoms with Gasteiger partial charge in [0.15, 0.2) is 0 Å². The van der Waals surface area contributed by atoms with E-state index in [1.807, 2.05) is 26.1 Å². The first-order chi connectivity index (χ1) is 9.25. The normalized spacial score (nSPS) is 10.3. The van der Waals surface area contributed by atoms with Gasteiger partial charge < -0.3 is 10.1 Å². The number of ether oxygens (including phenoxy) is 1. The first-order valence-corrected chi connectivity index (χ1v) is 6.57. The van der Waals surface area contributed by atoms with Crippen molar-refractivity contribution in [2.24, 2.45) is 0 Å². The van der Waals surface area contributed by atoms with Crippen LogP contribution in [0.25, 0.3) is 0 Å². The number of nitrogens with zero attached hydrogens (tertiary/aromatic N) is 2. The first kappa shape index (κ1) is 13.3. The van der Waals surface area contributed by atoms with Crippen molar-refractivity contribution in [1.82, 2.24) is 9.97 Å². The molecule has 0 amide bonds. The van der Waals surface area contributed by atoms with E-state index in [9.17, 15) is 0 Å². The molecule has 2 rings (SSSR count). The van der Waals surface area contributed by atoms with E-state index >= 15 is 0 Å². The first-order valence-electron chi connectivity index (χ1n) is 6.57. The van der Waals surface area contributed by atoms with Crippen LogP contribution in [0.3, 0.4) is 0 Å². The maximum Gasteiger partial charge on any atom is 0.224 e. The van der Waals surface area contributed by atoms with Crippen LogP contribution in [0.4, 0.5) is 5.82 Å². The molecule has 1 aromatic carbocycles. The molecule has 2 aromatic rings. The van der Waals surface area contributed by atoms with E-state index in [1.165, 1.54) is 5.56 Å². The van der Waals surface area contributed by atoms with Gasteiger partial charge in [-0.2, -0.15) is 4.98 Å². The van der Waals surface area contributed by atoms with E-state index in [0.717, 1.165) is 30.2 Å². The maximum absolute atomic E-state index is 5.77. The Morgan fingerprint density at radius 1 is 1.05 bits per heavy atom. The van der Waals surface area contributed by atoms with E-state index in [2.05, 4.69) is 34.3 Å². The largest absolute Gasteiger partial charge is 0.439 e. The van der Waals surface area contributed by atoms with E-state index in [4.69, 9.17) is 4.74 Å². The molecular weight excluding hydrogens is 238 g/mol. The second kappa shape index (κ2) is 6.18. The molecule has 0 aliphatic rings. The summed E-state index contributed by atoms with van der Waals surface area (Å²) in [7, 11) is 1.83. The van der Waals surface area contributed by atoms with Gasteiger partial charge in [0.05, 0.1) is 0 Å². The lowest BCUT2D eigenvalue weighted by molar-refractivity contribution is 0.459. The Morgan fingerprint density at radius 3 is 2.37 bits per heavy atom. The highest BCUT2D eigenvalue weighted by Crippen LogP contribution is 2.22. The van der Waals surface area contributed by atoms with Crippen molar-refractivity contribution in [1.29, 1.82) is 0 Å². The van der Waals surface area contributed by atoms with Crippen molar-refractivity contribution in [2.75, 3.05) is 12.4 Å². The van der Waals surface area contributed by atoms with Crippen LogP contribution in [0.15, 0.2) is 30.3 Å². The minimum Gasteiger partial charge on any atom is -0.439 e. The summed E-state index contributed by atoms with van der Waals surface area (Å²) in [5, 5.41) is 3.01.